The van der Waals surface area contributed by atoms with Gasteiger partial charge in [-0.2, -0.15) is 0 Å². The molecule has 5 heteroatoms. The monoisotopic (exact) mass is 168 g/mol. The minimum absolute atomic E-state index is 0.0394. The Morgan fingerprint density at radius 3 is 3.00 bits per heavy atom. The summed E-state index contributed by atoms with van der Waals surface area (Å²) in [6, 6.07) is 0. The van der Waals surface area contributed by atoms with Gasteiger partial charge < -0.3 is 5.32 Å². The van der Waals surface area contributed by atoms with Crippen LogP contribution in [0, 0.1) is 6.92 Å². The predicted octanol–water partition coefficient (Wildman–Crippen LogP) is -0.277. The maximum absolute atomic E-state index is 11.0. The summed E-state index contributed by atoms with van der Waals surface area (Å²) in [5.74, 6) is -0.0394. The molecule has 1 rings (SSSR count). The first-order chi connectivity index (χ1) is 5.72. The molecule has 0 aliphatic heterocycles. The van der Waals surface area contributed by atoms with Gasteiger partial charge in [0.25, 0.3) is 0 Å². The number of aryl methyl sites for hydroxylation is 1. The van der Waals surface area contributed by atoms with Crippen LogP contribution >= 0.6 is 0 Å². The van der Waals surface area contributed by atoms with Crippen LogP contribution in [0.25, 0.3) is 0 Å². The molecule has 0 radical (unpaired) electrons. The standard InChI is InChI=1S/C7H12N4O/c1-3-8-7(12)5-11-4-6(2)9-10-11/h4H,3,5H2,1-2H3,(H,8,12). The Morgan fingerprint density at radius 2 is 2.50 bits per heavy atom. The van der Waals surface area contributed by atoms with E-state index in [0.717, 1.165) is 5.69 Å². The van der Waals surface area contributed by atoms with Gasteiger partial charge in [0.1, 0.15) is 6.54 Å². The molecule has 1 amide bonds. The summed E-state index contributed by atoms with van der Waals surface area (Å²) in [6.07, 6.45) is 1.73. The van der Waals surface area contributed by atoms with Crippen LogP contribution in [0.5, 0.6) is 0 Å². The zero-order valence-corrected chi connectivity index (χ0v) is 7.24. The molecule has 1 N–H and O–H groups in total. The normalized spacial score (nSPS) is 9.83. The molecule has 12 heavy (non-hydrogen) atoms. The highest BCUT2D eigenvalue weighted by atomic mass is 16.2. The van der Waals surface area contributed by atoms with Crippen molar-refractivity contribution >= 4 is 5.91 Å². The number of rotatable bonds is 3. The minimum atomic E-state index is -0.0394. The van der Waals surface area contributed by atoms with Gasteiger partial charge in [-0.15, -0.1) is 5.10 Å². The average Bonchev–Trinajstić information content (AvgIpc) is 2.36. The smallest absolute Gasteiger partial charge is 0.241 e. The molecular formula is C7H12N4O. The molecule has 0 aromatic carbocycles. The van der Waals surface area contributed by atoms with E-state index < -0.39 is 0 Å². The molecule has 0 atom stereocenters. The molecule has 0 bridgehead atoms. The van der Waals surface area contributed by atoms with Crippen molar-refractivity contribution in [2.24, 2.45) is 0 Å². The van der Waals surface area contributed by atoms with Crippen molar-refractivity contribution in [2.45, 2.75) is 20.4 Å². The van der Waals surface area contributed by atoms with Crippen molar-refractivity contribution < 1.29 is 4.79 Å². The van der Waals surface area contributed by atoms with E-state index in [1.165, 1.54) is 4.68 Å². The first-order valence-electron chi connectivity index (χ1n) is 3.86. The lowest BCUT2D eigenvalue weighted by Crippen LogP contribution is -2.27. The zero-order valence-electron chi connectivity index (χ0n) is 7.24. The number of carbonyl (C=O) groups is 1. The van der Waals surface area contributed by atoms with E-state index in [0.29, 0.717) is 6.54 Å². The van der Waals surface area contributed by atoms with E-state index in [1.54, 1.807) is 6.20 Å². The second-order valence-electron chi connectivity index (χ2n) is 2.51. The zero-order chi connectivity index (χ0) is 8.97. The van der Waals surface area contributed by atoms with Crippen LogP contribution in [-0.4, -0.2) is 27.4 Å². The lowest BCUT2D eigenvalue weighted by atomic mass is 10.5. The number of hydrogen-bond acceptors (Lipinski definition) is 3. The minimum Gasteiger partial charge on any atom is -0.355 e. The molecule has 0 aliphatic carbocycles. The third-order valence-corrected chi connectivity index (χ3v) is 1.33. The Labute approximate surface area is 70.8 Å². The van der Waals surface area contributed by atoms with Crippen molar-refractivity contribution in [3.8, 4) is 0 Å². The van der Waals surface area contributed by atoms with Gasteiger partial charge in [0.15, 0.2) is 0 Å². The predicted molar refractivity (Wildman–Crippen MR) is 43.4 cm³/mol. The van der Waals surface area contributed by atoms with Crippen molar-refractivity contribution in [2.75, 3.05) is 6.54 Å². The van der Waals surface area contributed by atoms with Crippen LogP contribution < -0.4 is 5.32 Å². The molecule has 0 spiro atoms. The number of aromatic nitrogens is 3. The summed E-state index contributed by atoms with van der Waals surface area (Å²) in [7, 11) is 0. The van der Waals surface area contributed by atoms with Gasteiger partial charge in [-0.1, -0.05) is 5.21 Å². The van der Waals surface area contributed by atoms with Crippen LogP contribution in [0.4, 0.5) is 0 Å². The Kier molecular flexibility index (Phi) is 2.79. The second kappa shape index (κ2) is 3.85. The van der Waals surface area contributed by atoms with Gasteiger partial charge in [0.2, 0.25) is 5.91 Å². The topological polar surface area (TPSA) is 59.8 Å². The number of amides is 1. The summed E-state index contributed by atoms with van der Waals surface area (Å²) in [6.45, 7) is 4.60. The lowest BCUT2D eigenvalue weighted by molar-refractivity contribution is -0.121. The van der Waals surface area contributed by atoms with Crippen molar-refractivity contribution in [1.29, 1.82) is 0 Å². The molecular weight excluding hydrogens is 156 g/mol. The third-order valence-electron chi connectivity index (χ3n) is 1.33. The first-order valence-corrected chi connectivity index (χ1v) is 3.86. The summed E-state index contributed by atoms with van der Waals surface area (Å²) in [5, 5.41) is 10.2. The van der Waals surface area contributed by atoms with E-state index in [9.17, 15) is 4.79 Å². The van der Waals surface area contributed by atoms with E-state index in [4.69, 9.17) is 0 Å². The molecule has 0 saturated heterocycles. The fourth-order valence-corrected chi connectivity index (χ4v) is 0.873. The summed E-state index contributed by atoms with van der Waals surface area (Å²) in [5.41, 5.74) is 0.819. The highest BCUT2D eigenvalue weighted by Crippen LogP contribution is 1.88. The molecule has 5 nitrogen and oxygen atoms in total. The van der Waals surface area contributed by atoms with Gasteiger partial charge in [0.05, 0.1) is 5.69 Å². The summed E-state index contributed by atoms with van der Waals surface area (Å²) in [4.78, 5) is 11.0. The van der Waals surface area contributed by atoms with Crippen LogP contribution in [0.15, 0.2) is 6.20 Å². The Hall–Kier alpha value is -1.39. The molecule has 1 aromatic heterocycles. The van der Waals surface area contributed by atoms with Crippen LogP contribution in [0.2, 0.25) is 0 Å². The van der Waals surface area contributed by atoms with Crippen molar-refractivity contribution in [3.05, 3.63) is 11.9 Å². The van der Waals surface area contributed by atoms with Crippen LogP contribution in [0.1, 0.15) is 12.6 Å². The van der Waals surface area contributed by atoms with Gasteiger partial charge in [0, 0.05) is 12.7 Å². The van der Waals surface area contributed by atoms with Gasteiger partial charge in [-0.05, 0) is 13.8 Å². The number of nitrogens with zero attached hydrogens (tertiary/aromatic N) is 3. The van der Waals surface area contributed by atoms with Crippen molar-refractivity contribution in [1.82, 2.24) is 20.3 Å². The number of carbonyl (C=O) groups excluding carboxylic acids is 1. The molecule has 1 heterocycles. The molecule has 0 fully saturated rings. The van der Waals surface area contributed by atoms with E-state index in [2.05, 4.69) is 15.6 Å². The summed E-state index contributed by atoms with van der Waals surface area (Å²) < 4.78 is 1.51. The number of nitrogens with one attached hydrogen (secondary N) is 1. The van der Waals surface area contributed by atoms with E-state index in [-0.39, 0.29) is 12.5 Å². The van der Waals surface area contributed by atoms with E-state index in [1.807, 2.05) is 13.8 Å². The lowest BCUT2D eigenvalue weighted by Gasteiger charge is -1.99. The number of likely N-dealkylation sites (N-methyl/N-ethyl adjacent to an activating group) is 1. The van der Waals surface area contributed by atoms with Crippen molar-refractivity contribution in [3.63, 3.8) is 0 Å². The van der Waals surface area contributed by atoms with Crippen LogP contribution in [-0.2, 0) is 11.3 Å². The highest BCUT2D eigenvalue weighted by molar-refractivity contribution is 5.75. The Morgan fingerprint density at radius 1 is 1.75 bits per heavy atom. The first kappa shape index (κ1) is 8.70. The molecule has 0 saturated carbocycles. The molecule has 0 unspecified atom stereocenters. The fourth-order valence-electron chi connectivity index (χ4n) is 0.873. The fraction of sp³-hybridized carbons (Fsp3) is 0.571. The molecule has 1 aromatic rings. The van der Waals surface area contributed by atoms with Gasteiger partial charge in [-0.3, -0.25) is 4.79 Å². The van der Waals surface area contributed by atoms with E-state index >= 15 is 0 Å². The Balaban J connectivity index is 2.46. The summed E-state index contributed by atoms with van der Waals surface area (Å²) >= 11 is 0. The van der Waals surface area contributed by atoms with Gasteiger partial charge >= 0.3 is 0 Å². The third kappa shape index (κ3) is 2.34. The van der Waals surface area contributed by atoms with Gasteiger partial charge in [-0.25, -0.2) is 4.68 Å². The molecule has 0 aliphatic rings. The number of hydrogen-bond donors (Lipinski definition) is 1. The SMILES string of the molecule is CCNC(=O)Cn1cc(C)nn1. The average molecular weight is 168 g/mol. The maximum atomic E-state index is 11.0. The maximum Gasteiger partial charge on any atom is 0.241 e. The molecule has 66 valence electrons. The second-order valence-corrected chi connectivity index (χ2v) is 2.51. The quantitative estimate of drug-likeness (QED) is 0.675. The Bertz CT molecular complexity index is 268. The largest absolute Gasteiger partial charge is 0.355 e. The van der Waals surface area contributed by atoms with Crippen LogP contribution in [0.3, 0.4) is 0 Å². The highest BCUT2D eigenvalue weighted by Gasteiger charge is 2.01.